The summed E-state index contributed by atoms with van der Waals surface area (Å²) in [5, 5.41) is 11.5. The Bertz CT molecular complexity index is 1330. The molecule has 2 saturated carbocycles. The molecule has 2 heterocycles. The second-order valence-electron chi connectivity index (χ2n) is 15.0. The average molecular weight is 650 g/mol. The molecule has 0 spiro atoms. The van der Waals surface area contributed by atoms with E-state index in [1.54, 1.807) is 25.7 Å². The van der Waals surface area contributed by atoms with E-state index in [0.29, 0.717) is 19.4 Å². The van der Waals surface area contributed by atoms with Gasteiger partial charge < -0.3 is 26.2 Å². The molecule has 2 aliphatic heterocycles. The normalized spacial score (nSPS) is 24.9. The van der Waals surface area contributed by atoms with Crippen LogP contribution in [0.4, 0.5) is 0 Å². The molecule has 0 aromatic heterocycles. The lowest BCUT2D eigenvalue weighted by Crippen LogP contribution is -2.58. The van der Waals surface area contributed by atoms with E-state index in [-0.39, 0.29) is 48.6 Å². The second kappa shape index (κ2) is 15.0. The Balaban J connectivity index is 1.40. The molecule has 1 aromatic carbocycles. The summed E-state index contributed by atoms with van der Waals surface area (Å²) in [5.74, 6) is -3.49. The van der Waals surface area contributed by atoms with E-state index in [9.17, 15) is 28.8 Å². The highest BCUT2D eigenvalue weighted by Gasteiger charge is 2.46. The fraction of sp³-hybridized carbons (Fsp3) is 0.667. The number of carbonyl (C=O) groups is 6. The zero-order valence-corrected chi connectivity index (χ0v) is 28.0. The molecule has 11 nitrogen and oxygen atoms in total. The van der Waals surface area contributed by atoms with Gasteiger partial charge >= 0.3 is 0 Å². The molecule has 1 aromatic rings. The van der Waals surface area contributed by atoms with Crippen molar-refractivity contribution in [3.8, 4) is 0 Å². The molecule has 0 bridgehead atoms. The van der Waals surface area contributed by atoms with E-state index in [4.69, 9.17) is 0 Å². The van der Waals surface area contributed by atoms with Crippen LogP contribution in [0, 0.1) is 17.3 Å². The minimum absolute atomic E-state index is 0.00358. The zero-order valence-electron chi connectivity index (χ0n) is 28.0. The standard InChI is InChI=1S/C36H51N5O6/c1-36(2,3)35(47)40-29(23-13-7-8-14-23)34(46)41-21-25(22-11-5-4-6-12-22)20-28(41)32(44)39-27(19-24-17-18-37-31(24)43)30(42)33(45)38-26-15-9-10-16-26/h4-6,11-12,23-29H,7-10,13-21H2,1-3H3,(H,37,43)(H,38,45)(H,39,44)(H,40,47)/t24-,25+,27-,28-,29+/m0/s1. The lowest BCUT2D eigenvalue weighted by Gasteiger charge is -2.33. The van der Waals surface area contributed by atoms with Gasteiger partial charge in [0.2, 0.25) is 29.4 Å². The van der Waals surface area contributed by atoms with Gasteiger partial charge in [-0.1, -0.05) is 76.8 Å². The quantitative estimate of drug-likeness (QED) is 0.271. The number of likely N-dealkylation sites (tertiary alicyclic amines) is 1. The van der Waals surface area contributed by atoms with Gasteiger partial charge in [0.05, 0.1) is 6.04 Å². The van der Waals surface area contributed by atoms with Crippen molar-refractivity contribution in [2.75, 3.05) is 13.1 Å². The summed E-state index contributed by atoms with van der Waals surface area (Å²) in [6.07, 6.45) is 7.95. The third-order valence-corrected chi connectivity index (χ3v) is 10.5. The number of nitrogens with one attached hydrogen (secondary N) is 4. The van der Waals surface area contributed by atoms with Crippen LogP contribution in [0.1, 0.15) is 103 Å². The molecule has 5 amide bonds. The molecule has 256 valence electrons. The molecule has 4 fully saturated rings. The van der Waals surface area contributed by atoms with Crippen molar-refractivity contribution in [1.29, 1.82) is 0 Å². The Morgan fingerprint density at radius 2 is 1.57 bits per heavy atom. The maximum atomic E-state index is 14.5. The van der Waals surface area contributed by atoms with Gasteiger partial charge in [-0.25, -0.2) is 0 Å². The monoisotopic (exact) mass is 649 g/mol. The molecule has 47 heavy (non-hydrogen) atoms. The number of carbonyl (C=O) groups excluding carboxylic acids is 6. The van der Waals surface area contributed by atoms with E-state index in [1.165, 1.54) is 0 Å². The summed E-state index contributed by atoms with van der Waals surface area (Å²) < 4.78 is 0. The van der Waals surface area contributed by atoms with E-state index in [1.807, 2.05) is 30.3 Å². The summed E-state index contributed by atoms with van der Waals surface area (Å²) in [4.78, 5) is 82.7. The van der Waals surface area contributed by atoms with Crippen LogP contribution in [-0.4, -0.2) is 77.5 Å². The van der Waals surface area contributed by atoms with Crippen LogP contribution < -0.4 is 21.3 Å². The maximum Gasteiger partial charge on any atom is 0.289 e. The van der Waals surface area contributed by atoms with E-state index < -0.39 is 47.1 Å². The number of benzene rings is 1. The summed E-state index contributed by atoms with van der Waals surface area (Å²) in [6.45, 7) is 6.17. The number of nitrogens with zero attached hydrogens (tertiary/aromatic N) is 1. The molecule has 0 unspecified atom stereocenters. The summed E-state index contributed by atoms with van der Waals surface area (Å²) in [7, 11) is 0. The molecule has 4 aliphatic rings. The largest absolute Gasteiger partial charge is 0.356 e. The Labute approximate surface area is 277 Å². The highest BCUT2D eigenvalue weighted by atomic mass is 16.2. The second-order valence-corrected chi connectivity index (χ2v) is 15.0. The lowest BCUT2D eigenvalue weighted by atomic mass is 9.91. The fourth-order valence-electron chi connectivity index (χ4n) is 7.64. The minimum atomic E-state index is -1.21. The maximum absolute atomic E-state index is 14.5. The van der Waals surface area contributed by atoms with Crippen molar-refractivity contribution in [3.63, 3.8) is 0 Å². The van der Waals surface area contributed by atoms with E-state index >= 15 is 0 Å². The van der Waals surface area contributed by atoms with Gasteiger partial charge in [-0.3, -0.25) is 28.8 Å². The number of hydrogen-bond donors (Lipinski definition) is 4. The number of amides is 5. The Morgan fingerprint density at radius 1 is 0.915 bits per heavy atom. The van der Waals surface area contributed by atoms with Crippen LogP contribution in [0.15, 0.2) is 30.3 Å². The molecule has 4 N–H and O–H groups in total. The zero-order chi connectivity index (χ0) is 33.7. The smallest absolute Gasteiger partial charge is 0.289 e. The van der Waals surface area contributed by atoms with Gasteiger partial charge in [0.1, 0.15) is 12.1 Å². The molecular weight excluding hydrogens is 598 g/mol. The number of Topliss-reactive ketones (excluding diaryl/α,β-unsaturated/α-hetero) is 1. The van der Waals surface area contributed by atoms with Crippen molar-refractivity contribution in [3.05, 3.63) is 35.9 Å². The Morgan fingerprint density at radius 3 is 2.19 bits per heavy atom. The molecule has 5 rings (SSSR count). The third-order valence-electron chi connectivity index (χ3n) is 10.5. The molecule has 5 atom stereocenters. The lowest BCUT2D eigenvalue weighted by molar-refractivity contribution is -0.145. The minimum Gasteiger partial charge on any atom is -0.356 e. The Kier molecular flexibility index (Phi) is 11.0. The molecule has 2 aliphatic carbocycles. The fourth-order valence-corrected chi connectivity index (χ4v) is 7.64. The summed E-state index contributed by atoms with van der Waals surface area (Å²) in [5.41, 5.74) is 0.285. The predicted octanol–water partition coefficient (Wildman–Crippen LogP) is 2.73. The van der Waals surface area contributed by atoms with Crippen LogP contribution in [0.5, 0.6) is 0 Å². The van der Waals surface area contributed by atoms with Gasteiger partial charge in [0.15, 0.2) is 0 Å². The molecule has 2 saturated heterocycles. The van der Waals surface area contributed by atoms with Gasteiger partial charge in [0, 0.05) is 36.4 Å². The van der Waals surface area contributed by atoms with Crippen LogP contribution in [0.25, 0.3) is 0 Å². The van der Waals surface area contributed by atoms with Gasteiger partial charge in [-0.15, -0.1) is 0 Å². The highest BCUT2D eigenvalue weighted by molar-refractivity contribution is 6.38. The number of rotatable bonds is 11. The van der Waals surface area contributed by atoms with Crippen LogP contribution in [-0.2, 0) is 28.8 Å². The number of ketones is 1. The first-order chi connectivity index (χ1) is 22.4. The molecule has 11 heteroatoms. The first-order valence-electron chi connectivity index (χ1n) is 17.5. The first kappa shape index (κ1) is 34.6. The third kappa shape index (κ3) is 8.40. The number of hydrogen-bond acceptors (Lipinski definition) is 6. The SMILES string of the molecule is CC(C)(C)C(=O)N[C@@H](C(=O)N1C[C@H](c2ccccc2)C[C@H]1C(=O)N[C@@H](C[C@@H]1CCNC1=O)C(=O)C(=O)NC1CCCC1)C1CCCC1. The van der Waals surface area contributed by atoms with Crippen molar-refractivity contribution >= 4 is 35.3 Å². The van der Waals surface area contributed by atoms with E-state index in [2.05, 4.69) is 21.3 Å². The van der Waals surface area contributed by atoms with Crippen LogP contribution >= 0.6 is 0 Å². The van der Waals surface area contributed by atoms with E-state index in [0.717, 1.165) is 56.9 Å². The van der Waals surface area contributed by atoms with Crippen molar-refractivity contribution in [1.82, 2.24) is 26.2 Å². The predicted molar refractivity (Wildman–Crippen MR) is 176 cm³/mol. The van der Waals surface area contributed by atoms with Gasteiger partial charge in [-0.2, -0.15) is 0 Å². The van der Waals surface area contributed by atoms with Crippen LogP contribution in [0.3, 0.4) is 0 Å². The van der Waals surface area contributed by atoms with Gasteiger partial charge in [-0.05, 0) is 56.4 Å². The summed E-state index contributed by atoms with van der Waals surface area (Å²) >= 11 is 0. The highest BCUT2D eigenvalue weighted by Crippen LogP contribution is 2.36. The molecule has 0 radical (unpaired) electrons. The van der Waals surface area contributed by atoms with Crippen molar-refractivity contribution in [2.24, 2.45) is 17.3 Å². The van der Waals surface area contributed by atoms with Crippen molar-refractivity contribution in [2.45, 2.75) is 121 Å². The van der Waals surface area contributed by atoms with Crippen LogP contribution in [0.2, 0.25) is 0 Å². The first-order valence-corrected chi connectivity index (χ1v) is 17.5. The van der Waals surface area contributed by atoms with Crippen molar-refractivity contribution < 1.29 is 28.8 Å². The Hall–Kier alpha value is -3.76. The molecular formula is C36H51N5O6. The topological polar surface area (TPSA) is 154 Å². The summed E-state index contributed by atoms with van der Waals surface area (Å²) in [6, 6.07) is 6.72. The van der Waals surface area contributed by atoms with Gasteiger partial charge in [0.25, 0.3) is 5.91 Å². The average Bonchev–Trinajstić information content (AvgIpc) is 3.87.